The zero-order chi connectivity index (χ0) is 22.4. The molecule has 3 rings (SSSR count). The predicted molar refractivity (Wildman–Crippen MR) is 118 cm³/mol. The summed E-state index contributed by atoms with van der Waals surface area (Å²) in [4.78, 5) is 20.1. The number of amides is 1. The molecule has 0 aliphatic rings. The molecule has 12 heteroatoms. The van der Waals surface area contributed by atoms with Crippen LogP contribution in [-0.4, -0.2) is 44.3 Å². The minimum atomic E-state index is -3.77. The lowest BCUT2D eigenvalue weighted by molar-refractivity contribution is -0.118. The number of methoxy groups -OCH3 is 2. The van der Waals surface area contributed by atoms with Gasteiger partial charge in [-0.2, -0.15) is 0 Å². The molecule has 0 spiro atoms. The summed E-state index contributed by atoms with van der Waals surface area (Å²) in [6, 6.07) is 8.53. The van der Waals surface area contributed by atoms with Crippen LogP contribution in [0.1, 0.15) is 5.56 Å². The highest BCUT2D eigenvalue weighted by Gasteiger charge is 2.23. The van der Waals surface area contributed by atoms with Crippen molar-refractivity contribution in [1.82, 2.24) is 15.3 Å². The number of nitrogens with two attached hydrogens (primary N) is 1. The third-order valence-electron chi connectivity index (χ3n) is 4.10. The number of hydrogen-bond acceptors (Lipinski definition) is 10. The summed E-state index contributed by atoms with van der Waals surface area (Å²) in [5.74, 6) is 0.740. The maximum absolute atomic E-state index is 12.6. The summed E-state index contributed by atoms with van der Waals surface area (Å²) < 4.78 is 35.9. The number of sulfone groups is 1. The standard InChI is InChI=1S/C19H20N4O5S3/c1-27-13-6-3-5-12(17(13)28-2)9-21-15(24)11-30-19-22-10-14(18(20)23-19)31(25,26)16-7-4-8-29-16/h3-8,10H,9,11H2,1-2H3,(H,21,24)(H2,20,22,23). The lowest BCUT2D eigenvalue weighted by Crippen LogP contribution is -2.25. The Kier molecular flexibility index (Phi) is 7.36. The number of carbonyl (C=O) groups is 1. The van der Waals surface area contributed by atoms with Crippen LogP contribution in [0, 0.1) is 0 Å². The van der Waals surface area contributed by atoms with Gasteiger partial charge in [0.05, 0.1) is 26.2 Å². The van der Waals surface area contributed by atoms with E-state index in [2.05, 4.69) is 15.3 Å². The van der Waals surface area contributed by atoms with Crippen molar-refractivity contribution in [2.45, 2.75) is 20.8 Å². The van der Waals surface area contributed by atoms with Crippen molar-refractivity contribution in [1.29, 1.82) is 0 Å². The maximum Gasteiger partial charge on any atom is 0.230 e. The van der Waals surface area contributed by atoms with Crippen molar-refractivity contribution in [3.05, 3.63) is 47.5 Å². The molecule has 3 aromatic rings. The van der Waals surface area contributed by atoms with Crippen molar-refractivity contribution < 1.29 is 22.7 Å². The number of benzene rings is 1. The number of carbonyl (C=O) groups excluding carboxylic acids is 1. The van der Waals surface area contributed by atoms with E-state index in [1.165, 1.54) is 19.4 Å². The molecule has 0 saturated heterocycles. The van der Waals surface area contributed by atoms with Crippen LogP contribution in [0.3, 0.4) is 0 Å². The van der Waals surface area contributed by atoms with Gasteiger partial charge in [-0.1, -0.05) is 30.0 Å². The van der Waals surface area contributed by atoms with Gasteiger partial charge in [0.2, 0.25) is 15.7 Å². The molecule has 0 saturated carbocycles. The van der Waals surface area contributed by atoms with Gasteiger partial charge in [0.25, 0.3) is 0 Å². The number of nitrogens with zero attached hydrogens (tertiary/aromatic N) is 2. The molecule has 0 bridgehead atoms. The Morgan fingerprint density at radius 1 is 1.23 bits per heavy atom. The number of para-hydroxylation sites is 1. The van der Waals surface area contributed by atoms with Crippen molar-refractivity contribution in [2.75, 3.05) is 25.7 Å². The Morgan fingerprint density at radius 3 is 2.68 bits per heavy atom. The fourth-order valence-electron chi connectivity index (χ4n) is 2.64. The first-order valence-electron chi connectivity index (χ1n) is 8.87. The van der Waals surface area contributed by atoms with Gasteiger partial charge in [-0.25, -0.2) is 18.4 Å². The number of aromatic nitrogens is 2. The molecular weight excluding hydrogens is 460 g/mol. The average Bonchev–Trinajstić information content (AvgIpc) is 3.31. The fourth-order valence-corrected chi connectivity index (χ4v) is 5.67. The van der Waals surface area contributed by atoms with Gasteiger partial charge in [-0.15, -0.1) is 11.3 Å². The van der Waals surface area contributed by atoms with E-state index < -0.39 is 9.84 Å². The summed E-state index contributed by atoms with van der Waals surface area (Å²) >= 11 is 2.14. The van der Waals surface area contributed by atoms with Gasteiger partial charge in [0, 0.05) is 12.1 Å². The van der Waals surface area contributed by atoms with E-state index in [9.17, 15) is 13.2 Å². The van der Waals surface area contributed by atoms with E-state index in [0.29, 0.717) is 11.5 Å². The molecule has 0 unspecified atom stereocenters. The van der Waals surface area contributed by atoms with Gasteiger partial charge in [0.1, 0.15) is 14.9 Å². The summed E-state index contributed by atoms with van der Waals surface area (Å²) in [5.41, 5.74) is 6.62. The first-order valence-corrected chi connectivity index (χ1v) is 12.2. The number of ether oxygens (including phenoxy) is 2. The van der Waals surface area contributed by atoms with E-state index in [1.54, 1.807) is 30.7 Å². The van der Waals surface area contributed by atoms with Crippen molar-refractivity contribution in [3.8, 4) is 11.5 Å². The zero-order valence-electron chi connectivity index (χ0n) is 16.7. The number of rotatable bonds is 9. The van der Waals surface area contributed by atoms with E-state index in [1.807, 2.05) is 6.07 Å². The molecule has 1 aromatic carbocycles. The highest BCUT2D eigenvalue weighted by Crippen LogP contribution is 2.31. The Morgan fingerprint density at radius 2 is 2.03 bits per heavy atom. The quantitative estimate of drug-likeness (QED) is 0.350. The summed E-state index contributed by atoms with van der Waals surface area (Å²) in [7, 11) is -0.696. The van der Waals surface area contributed by atoms with Crippen LogP contribution in [0.5, 0.6) is 11.5 Å². The third-order valence-corrected chi connectivity index (χ3v) is 8.13. The smallest absolute Gasteiger partial charge is 0.230 e. The number of hydrogen-bond donors (Lipinski definition) is 2. The van der Waals surface area contributed by atoms with Crippen LogP contribution in [0.2, 0.25) is 0 Å². The average molecular weight is 481 g/mol. The third kappa shape index (κ3) is 5.27. The van der Waals surface area contributed by atoms with Gasteiger partial charge in [-0.05, 0) is 17.5 Å². The minimum Gasteiger partial charge on any atom is -0.493 e. The number of anilines is 1. The fraction of sp³-hybridized carbons (Fsp3) is 0.211. The maximum atomic E-state index is 12.6. The topological polar surface area (TPSA) is 133 Å². The lowest BCUT2D eigenvalue weighted by atomic mass is 10.2. The van der Waals surface area contributed by atoms with Crippen molar-refractivity contribution in [3.63, 3.8) is 0 Å². The Balaban J connectivity index is 1.61. The van der Waals surface area contributed by atoms with Gasteiger partial charge >= 0.3 is 0 Å². The summed E-state index contributed by atoms with van der Waals surface area (Å²) in [6.45, 7) is 0.251. The Labute approximate surface area is 187 Å². The molecular formula is C19H20N4O5S3. The summed E-state index contributed by atoms with van der Waals surface area (Å²) in [5, 5.41) is 4.65. The molecule has 0 radical (unpaired) electrons. The van der Waals surface area contributed by atoms with Crippen molar-refractivity contribution in [2.24, 2.45) is 0 Å². The Bertz CT molecular complexity index is 1170. The predicted octanol–water partition coefficient (Wildman–Crippen LogP) is 2.38. The second kappa shape index (κ2) is 9.98. The molecule has 0 aliphatic carbocycles. The first kappa shape index (κ1) is 22.8. The lowest BCUT2D eigenvalue weighted by Gasteiger charge is -2.13. The second-order valence-corrected chi connectivity index (χ2v) is 10.1. The highest BCUT2D eigenvalue weighted by atomic mass is 32.2. The molecule has 164 valence electrons. The van der Waals surface area contributed by atoms with Crippen LogP contribution in [0.25, 0.3) is 0 Å². The number of thioether (sulfide) groups is 1. The van der Waals surface area contributed by atoms with E-state index in [4.69, 9.17) is 15.2 Å². The SMILES string of the molecule is COc1cccc(CNC(=O)CSc2ncc(S(=O)(=O)c3cccs3)c(N)n2)c1OC. The van der Waals surface area contributed by atoms with Gasteiger partial charge < -0.3 is 20.5 Å². The molecule has 0 fully saturated rings. The minimum absolute atomic E-state index is 0.0305. The zero-order valence-corrected chi connectivity index (χ0v) is 19.1. The molecule has 31 heavy (non-hydrogen) atoms. The molecule has 3 N–H and O–H groups in total. The van der Waals surface area contributed by atoms with E-state index in [-0.39, 0.29) is 38.3 Å². The van der Waals surface area contributed by atoms with Crippen LogP contribution in [0.4, 0.5) is 5.82 Å². The van der Waals surface area contributed by atoms with E-state index in [0.717, 1.165) is 28.7 Å². The highest BCUT2D eigenvalue weighted by molar-refractivity contribution is 7.99. The summed E-state index contributed by atoms with van der Waals surface area (Å²) in [6.07, 6.45) is 1.17. The van der Waals surface area contributed by atoms with Crippen LogP contribution in [-0.2, 0) is 21.2 Å². The molecule has 2 aromatic heterocycles. The second-order valence-electron chi connectivity index (χ2n) is 6.06. The van der Waals surface area contributed by atoms with Crippen LogP contribution in [0.15, 0.2) is 56.2 Å². The molecule has 0 aliphatic heterocycles. The van der Waals surface area contributed by atoms with Crippen molar-refractivity contribution >= 4 is 44.7 Å². The first-order chi connectivity index (χ1) is 14.9. The van der Waals surface area contributed by atoms with Crippen LogP contribution < -0.4 is 20.5 Å². The number of nitrogen functional groups attached to an aromatic ring is 1. The Hall–Kier alpha value is -2.83. The van der Waals surface area contributed by atoms with Gasteiger partial charge in [-0.3, -0.25) is 4.79 Å². The normalized spacial score (nSPS) is 11.2. The molecule has 1 amide bonds. The number of nitrogens with one attached hydrogen (secondary N) is 1. The van der Waals surface area contributed by atoms with Gasteiger partial charge in [0.15, 0.2) is 16.7 Å². The van der Waals surface area contributed by atoms with E-state index >= 15 is 0 Å². The molecule has 0 atom stereocenters. The molecule has 9 nitrogen and oxygen atoms in total. The monoisotopic (exact) mass is 480 g/mol. The molecule has 2 heterocycles. The van der Waals surface area contributed by atoms with Crippen LogP contribution >= 0.6 is 23.1 Å². The number of thiophene rings is 1. The largest absolute Gasteiger partial charge is 0.493 e.